The SMILES string of the molecule is CN(CC(C)(C)O)c1ccc(F)cc1C(=N)N. The molecule has 5 heteroatoms. The fourth-order valence-corrected chi connectivity index (χ4v) is 1.72. The van der Waals surface area contributed by atoms with E-state index in [0.717, 1.165) is 0 Å². The van der Waals surface area contributed by atoms with E-state index < -0.39 is 11.4 Å². The summed E-state index contributed by atoms with van der Waals surface area (Å²) in [6.45, 7) is 3.72. The van der Waals surface area contributed by atoms with Gasteiger partial charge in [-0.2, -0.15) is 0 Å². The van der Waals surface area contributed by atoms with Crippen LogP contribution in [0.25, 0.3) is 0 Å². The molecule has 1 aromatic rings. The van der Waals surface area contributed by atoms with Gasteiger partial charge in [0.15, 0.2) is 0 Å². The summed E-state index contributed by atoms with van der Waals surface area (Å²) in [6.07, 6.45) is 0. The largest absolute Gasteiger partial charge is 0.389 e. The third-order valence-corrected chi connectivity index (χ3v) is 2.28. The van der Waals surface area contributed by atoms with Crippen molar-refractivity contribution in [2.24, 2.45) is 5.73 Å². The van der Waals surface area contributed by atoms with E-state index in [2.05, 4.69) is 0 Å². The lowest BCUT2D eigenvalue weighted by Gasteiger charge is -2.28. The molecule has 0 fully saturated rings. The Morgan fingerprint density at radius 1 is 1.53 bits per heavy atom. The lowest BCUT2D eigenvalue weighted by Crippen LogP contribution is -2.37. The summed E-state index contributed by atoms with van der Waals surface area (Å²) in [5.74, 6) is -0.627. The zero-order valence-electron chi connectivity index (χ0n) is 10.3. The molecule has 17 heavy (non-hydrogen) atoms. The molecular formula is C12H18FN3O. The van der Waals surface area contributed by atoms with Crippen molar-refractivity contribution in [3.05, 3.63) is 29.6 Å². The molecule has 1 rings (SSSR count). The molecule has 0 bridgehead atoms. The summed E-state index contributed by atoms with van der Waals surface area (Å²) in [5.41, 5.74) is 5.49. The quantitative estimate of drug-likeness (QED) is 0.548. The minimum Gasteiger partial charge on any atom is -0.389 e. The first-order chi connectivity index (χ1) is 7.70. The highest BCUT2D eigenvalue weighted by Gasteiger charge is 2.18. The molecule has 0 aliphatic carbocycles. The Kier molecular flexibility index (Phi) is 3.72. The van der Waals surface area contributed by atoms with Crippen LogP contribution in [0.3, 0.4) is 0 Å². The molecule has 4 N–H and O–H groups in total. The fourth-order valence-electron chi connectivity index (χ4n) is 1.72. The van der Waals surface area contributed by atoms with Crippen molar-refractivity contribution in [1.29, 1.82) is 5.41 Å². The van der Waals surface area contributed by atoms with Gasteiger partial charge in [-0.3, -0.25) is 5.41 Å². The van der Waals surface area contributed by atoms with Crippen LogP contribution in [0, 0.1) is 11.2 Å². The van der Waals surface area contributed by atoms with Crippen LogP contribution < -0.4 is 10.6 Å². The number of nitrogens with one attached hydrogen (secondary N) is 1. The Labute approximate surface area is 100 Å². The standard InChI is InChI=1S/C12H18FN3O/c1-12(2,17)7-16(3)10-5-4-8(13)6-9(10)11(14)15/h4-6,17H,7H2,1-3H3,(H3,14,15). The monoisotopic (exact) mass is 239 g/mol. The number of benzene rings is 1. The molecule has 0 heterocycles. The minimum absolute atomic E-state index is 0.193. The zero-order valence-corrected chi connectivity index (χ0v) is 10.3. The maximum Gasteiger partial charge on any atom is 0.125 e. The van der Waals surface area contributed by atoms with Crippen LogP contribution in [0.15, 0.2) is 18.2 Å². The number of nitrogen functional groups attached to an aromatic ring is 1. The van der Waals surface area contributed by atoms with Gasteiger partial charge in [0.2, 0.25) is 0 Å². The molecule has 0 radical (unpaired) electrons. The second kappa shape index (κ2) is 4.71. The summed E-state index contributed by atoms with van der Waals surface area (Å²) >= 11 is 0. The molecule has 0 spiro atoms. The Balaban J connectivity index is 3.09. The van der Waals surface area contributed by atoms with Crippen molar-refractivity contribution in [1.82, 2.24) is 0 Å². The normalized spacial score (nSPS) is 11.4. The molecule has 0 aliphatic rings. The van der Waals surface area contributed by atoms with Gasteiger partial charge in [0.25, 0.3) is 0 Å². The molecular weight excluding hydrogens is 221 g/mol. The van der Waals surface area contributed by atoms with Crippen LogP contribution in [0.1, 0.15) is 19.4 Å². The molecule has 0 saturated carbocycles. The average molecular weight is 239 g/mol. The number of hydrogen-bond acceptors (Lipinski definition) is 3. The third-order valence-electron chi connectivity index (χ3n) is 2.28. The van der Waals surface area contributed by atoms with E-state index >= 15 is 0 Å². The van der Waals surface area contributed by atoms with E-state index in [-0.39, 0.29) is 5.84 Å². The number of anilines is 1. The van der Waals surface area contributed by atoms with Crippen LogP contribution in [0.4, 0.5) is 10.1 Å². The number of likely N-dealkylation sites (N-methyl/N-ethyl adjacent to an activating group) is 1. The van der Waals surface area contributed by atoms with Gasteiger partial charge in [0, 0.05) is 24.8 Å². The van der Waals surface area contributed by atoms with E-state index in [0.29, 0.717) is 17.8 Å². The second-order valence-corrected chi connectivity index (χ2v) is 4.74. The van der Waals surface area contributed by atoms with Gasteiger partial charge in [-0.1, -0.05) is 0 Å². The Morgan fingerprint density at radius 2 is 2.12 bits per heavy atom. The van der Waals surface area contributed by atoms with E-state index in [1.807, 2.05) is 0 Å². The predicted octanol–water partition coefficient (Wildman–Crippen LogP) is 1.32. The van der Waals surface area contributed by atoms with Gasteiger partial charge in [0.05, 0.1) is 5.60 Å². The first-order valence-corrected chi connectivity index (χ1v) is 5.28. The maximum atomic E-state index is 13.1. The number of aliphatic hydroxyl groups is 1. The van der Waals surface area contributed by atoms with Crippen LogP contribution in [0.5, 0.6) is 0 Å². The number of halogens is 1. The molecule has 94 valence electrons. The number of nitrogens with zero attached hydrogens (tertiary/aromatic N) is 1. The summed E-state index contributed by atoms with van der Waals surface area (Å²) < 4.78 is 13.1. The van der Waals surface area contributed by atoms with Crippen molar-refractivity contribution < 1.29 is 9.50 Å². The highest BCUT2D eigenvalue weighted by atomic mass is 19.1. The predicted molar refractivity (Wildman–Crippen MR) is 67.0 cm³/mol. The van der Waals surface area contributed by atoms with Crippen LogP contribution >= 0.6 is 0 Å². The summed E-state index contributed by atoms with van der Waals surface area (Å²) in [4.78, 5) is 1.75. The summed E-state index contributed by atoms with van der Waals surface area (Å²) in [5, 5.41) is 17.2. The maximum absolute atomic E-state index is 13.1. The van der Waals surface area contributed by atoms with Gasteiger partial charge in [-0.15, -0.1) is 0 Å². The topological polar surface area (TPSA) is 73.3 Å². The van der Waals surface area contributed by atoms with Crippen LogP contribution in [0.2, 0.25) is 0 Å². The van der Waals surface area contributed by atoms with Crippen molar-refractivity contribution in [2.75, 3.05) is 18.5 Å². The van der Waals surface area contributed by atoms with Gasteiger partial charge >= 0.3 is 0 Å². The first-order valence-electron chi connectivity index (χ1n) is 5.28. The van der Waals surface area contributed by atoms with Crippen LogP contribution in [-0.4, -0.2) is 30.1 Å². The highest BCUT2D eigenvalue weighted by Crippen LogP contribution is 2.21. The highest BCUT2D eigenvalue weighted by molar-refractivity contribution is 6.00. The average Bonchev–Trinajstić information content (AvgIpc) is 2.14. The smallest absolute Gasteiger partial charge is 0.125 e. The van der Waals surface area contributed by atoms with Crippen molar-refractivity contribution >= 4 is 11.5 Å². The Hall–Kier alpha value is -1.62. The van der Waals surface area contributed by atoms with Crippen molar-refractivity contribution in [3.8, 4) is 0 Å². The molecule has 4 nitrogen and oxygen atoms in total. The first kappa shape index (κ1) is 13.4. The van der Waals surface area contributed by atoms with Gasteiger partial charge in [-0.25, -0.2) is 4.39 Å². The molecule has 0 aromatic heterocycles. The minimum atomic E-state index is -0.878. The third kappa shape index (κ3) is 3.71. The van der Waals surface area contributed by atoms with Crippen molar-refractivity contribution in [3.63, 3.8) is 0 Å². The molecule has 0 unspecified atom stereocenters. The van der Waals surface area contributed by atoms with Crippen molar-refractivity contribution in [2.45, 2.75) is 19.4 Å². The van der Waals surface area contributed by atoms with Gasteiger partial charge in [-0.05, 0) is 32.0 Å². The van der Waals surface area contributed by atoms with E-state index in [1.54, 1.807) is 31.9 Å². The second-order valence-electron chi connectivity index (χ2n) is 4.74. The zero-order chi connectivity index (χ0) is 13.2. The van der Waals surface area contributed by atoms with Crippen LogP contribution in [-0.2, 0) is 0 Å². The molecule has 0 aliphatic heterocycles. The number of amidine groups is 1. The van der Waals surface area contributed by atoms with E-state index in [9.17, 15) is 9.50 Å². The summed E-state index contributed by atoms with van der Waals surface area (Å²) in [7, 11) is 1.76. The molecule has 0 amide bonds. The lowest BCUT2D eigenvalue weighted by molar-refractivity contribution is 0.0886. The van der Waals surface area contributed by atoms with Gasteiger partial charge in [0.1, 0.15) is 11.7 Å². The Morgan fingerprint density at radius 3 is 2.59 bits per heavy atom. The lowest BCUT2D eigenvalue weighted by atomic mass is 10.1. The number of hydrogen-bond donors (Lipinski definition) is 3. The fraction of sp³-hybridized carbons (Fsp3) is 0.417. The Bertz CT molecular complexity index is 426. The summed E-state index contributed by atoms with van der Waals surface area (Å²) in [6, 6.07) is 4.08. The van der Waals surface area contributed by atoms with E-state index in [4.69, 9.17) is 11.1 Å². The molecule has 0 saturated heterocycles. The van der Waals surface area contributed by atoms with Gasteiger partial charge < -0.3 is 15.7 Å². The number of nitrogens with two attached hydrogens (primary N) is 1. The molecule has 0 atom stereocenters. The molecule has 1 aromatic carbocycles. The number of rotatable bonds is 4. The van der Waals surface area contributed by atoms with E-state index in [1.165, 1.54) is 12.1 Å².